The van der Waals surface area contributed by atoms with Crippen LogP contribution in [0.4, 0.5) is 5.69 Å². The SMILES string of the molecule is CCc1ccc(NC(=O)C2CCN(C(=O)c3cccc(C)c3)CC2)cc1. The number of amides is 2. The summed E-state index contributed by atoms with van der Waals surface area (Å²) in [5.41, 5.74) is 3.90. The monoisotopic (exact) mass is 350 g/mol. The van der Waals surface area contributed by atoms with E-state index in [2.05, 4.69) is 12.2 Å². The van der Waals surface area contributed by atoms with Crippen molar-refractivity contribution in [3.63, 3.8) is 0 Å². The highest BCUT2D eigenvalue weighted by molar-refractivity contribution is 5.95. The van der Waals surface area contributed by atoms with Crippen molar-refractivity contribution >= 4 is 17.5 Å². The highest BCUT2D eigenvalue weighted by atomic mass is 16.2. The van der Waals surface area contributed by atoms with Crippen LogP contribution < -0.4 is 5.32 Å². The summed E-state index contributed by atoms with van der Waals surface area (Å²) in [6, 6.07) is 15.7. The van der Waals surface area contributed by atoms with Gasteiger partial charge in [0.2, 0.25) is 5.91 Å². The van der Waals surface area contributed by atoms with Crippen LogP contribution >= 0.6 is 0 Å². The van der Waals surface area contributed by atoms with Gasteiger partial charge in [0.05, 0.1) is 0 Å². The van der Waals surface area contributed by atoms with Gasteiger partial charge < -0.3 is 10.2 Å². The Hall–Kier alpha value is -2.62. The van der Waals surface area contributed by atoms with E-state index in [-0.39, 0.29) is 17.7 Å². The molecule has 0 radical (unpaired) electrons. The fourth-order valence-electron chi connectivity index (χ4n) is 3.37. The fourth-order valence-corrected chi connectivity index (χ4v) is 3.37. The van der Waals surface area contributed by atoms with Gasteiger partial charge in [-0.3, -0.25) is 9.59 Å². The molecule has 3 rings (SSSR count). The smallest absolute Gasteiger partial charge is 0.253 e. The molecule has 0 bridgehead atoms. The summed E-state index contributed by atoms with van der Waals surface area (Å²) in [7, 11) is 0. The van der Waals surface area contributed by atoms with Crippen LogP contribution in [0.5, 0.6) is 0 Å². The van der Waals surface area contributed by atoms with Crippen LogP contribution in [0.3, 0.4) is 0 Å². The Balaban J connectivity index is 1.54. The van der Waals surface area contributed by atoms with E-state index in [9.17, 15) is 9.59 Å². The number of anilines is 1. The van der Waals surface area contributed by atoms with Crippen molar-refractivity contribution in [3.05, 3.63) is 65.2 Å². The van der Waals surface area contributed by atoms with Gasteiger partial charge in [-0.1, -0.05) is 36.8 Å². The standard InChI is InChI=1S/C22H26N2O2/c1-3-17-7-9-20(10-8-17)23-21(25)18-11-13-24(14-12-18)22(26)19-6-4-5-16(2)15-19/h4-10,15,18H,3,11-14H2,1-2H3,(H,23,25). The zero-order chi connectivity index (χ0) is 18.5. The number of benzene rings is 2. The van der Waals surface area contributed by atoms with Crippen LogP contribution in [-0.2, 0) is 11.2 Å². The predicted octanol–water partition coefficient (Wildman–Crippen LogP) is 4.05. The number of likely N-dealkylation sites (tertiary alicyclic amines) is 1. The lowest BCUT2D eigenvalue weighted by Crippen LogP contribution is -2.41. The summed E-state index contributed by atoms with van der Waals surface area (Å²) in [5, 5.41) is 3.00. The highest BCUT2D eigenvalue weighted by Crippen LogP contribution is 2.21. The number of carbonyl (C=O) groups excluding carboxylic acids is 2. The van der Waals surface area contributed by atoms with Gasteiger partial charge in [0.15, 0.2) is 0 Å². The molecule has 0 aliphatic carbocycles. The van der Waals surface area contributed by atoms with Crippen LogP contribution in [0.25, 0.3) is 0 Å². The molecular formula is C22H26N2O2. The van der Waals surface area contributed by atoms with Gasteiger partial charge in [0, 0.05) is 30.3 Å². The quantitative estimate of drug-likeness (QED) is 0.904. The Morgan fingerprint density at radius 2 is 1.77 bits per heavy atom. The molecule has 2 amide bonds. The number of carbonyl (C=O) groups is 2. The van der Waals surface area contributed by atoms with Gasteiger partial charge in [-0.25, -0.2) is 0 Å². The third-order valence-electron chi connectivity index (χ3n) is 5.05. The van der Waals surface area contributed by atoms with Crippen molar-refractivity contribution in [1.82, 2.24) is 4.90 Å². The molecule has 0 atom stereocenters. The van der Waals surface area contributed by atoms with E-state index >= 15 is 0 Å². The third kappa shape index (κ3) is 4.31. The fraction of sp³-hybridized carbons (Fsp3) is 0.364. The normalized spacial score (nSPS) is 14.9. The summed E-state index contributed by atoms with van der Waals surface area (Å²) in [5.74, 6) is 0.0713. The van der Waals surface area contributed by atoms with E-state index in [4.69, 9.17) is 0 Å². The maximum Gasteiger partial charge on any atom is 0.253 e. The molecule has 1 heterocycles. The zero-order valence-corrected chi connectivity index (χ0v) is 15.5. The second-order valence-corrected chi connectivity index (χ2v) is 6.98. The lowest BCUT2D eigenvalue weighted by Gasteiger charge is -2.31. The van der Waals surface area contributed by atoms with E-state index < -0.39 is 0 Å². The molecule has 4 heteroatoms. The average Bonchev–Trinajstić information content (AvgIpc) is 2.68. The van der Waals surface area contributed by atoms with E-state index in [1.807, 2.05) is 60.4 Å². The number of hydrogen-bond acceptors (Lipinski definition) is 2. The molecule has 1 aliphatic heterocycles. The molecule has 2 aromatic rings. The van der Waals surface area contributed by atoms with E-state index in [1.165, 1.54) is 5.56 Å². The lowest BCUT2D eigenvalue weighted by molar-refractivity contribution is -0.121. The van der Waals surface area contributed by atoms with Gasteiger partial charge in [-0.15, -0.1) is 0 Å². The first-order valence-corrected chi connectivity index (χ1v) is 9.32. The van der Waals surface area contributed by atoms with Crippen molar-refractivity contribution in [2.24, 2.45) is 5.92 Å². The molecule has 1 aliphatic rings. The first-order chi connectivity index (χ1) is 12.6. The molecule has 0 spiro atoms. The first kappa shape index (κ1) is 18.2. The third-order valence-corrected chi connectivity index (χ3v) is 5.05. The minimum Gasteiger partial charge on any atom is -0.339 e. The molecule has 1 N–H and O–H groups in total. The lowest BCUT2D eigenvalue weighted by atomic mass is 9.95. The number of nitrogens with one attached hydrogen (secondary N) is 1. The van der Waals surface area contributed by atoms with Crippen LogP contribution in [-0.4, -0.2) is 29.8 Å². The Morgan fingerprint density at radius 3 is 2.38 bits per heavy atom. The summed E-state index contributed by atoms with van der Waals surface area (Å²) in [4.78, 5) is 27.0. The largest absolute Gasteiger partial charge is 0.339 e. The molecule has 26 heavy (non-hydrogen) atoms. The minimum absolute atomic E-state index is 0.0394. The van der Waals surface area contributed by atoms with Crippen LogP contribution in [0.15, 0.2) is 48.5 Å². The number of rotatable bonds is 4. The summed E-state index contributed by atoms with van der Waals surface area (Å²) >= 11 is 0. The Morgan fingerprint density at radius 1 is 1.08 bits per heavy atom. The molecule has 4 nitrogen and oxygen atoms in total. The number of hydrogen-bond donors (Lipinski definition) is 1. The summed E-state index contributed by atoms with van der Waals surface area (Å²) in [6.07, 6.45) is 2.40. The number of aryl methyl sites for hydroxylation is 2. The van der Waals surface area contributed by atoms with Crippen molar-refractivity contribution in [2.45, 2.75) is 33.1 Å². The molecule has 1 saturated heterocycles. The molecule has 0 aromatic heterocycles. The van der Waals surface area contributed by atoms with Crippen molar-refractivity contribution in [2.75, 3.05) is 18.4 Å². The van der Waals surface area contributed by atoms with Crippen LogP contribution in [0.1, 0.15) is 41.3 Å². The summed E-state index contributed by atoms with van der Waals surface area (Å²) in [6.45, 7) is 5.35. The van der Waals surface area contributed by atoms with Crippen molar-refractivity contribution in [1.29, 1.82) is 0 Å². The van der Waals surface area contributed by atoms with Crippen LogP contribution in [0.2, 0.25) is 0 Å². The van der Waals surface area contributed by atoms with E-state index in [1.54, 1.807) is 0 Å². The highest BCUT2D eigenvalue weighted by Gasteiger charge is 2.27. The zero-order valence-electron chi connectivity index (χ0n) is 15.5. The maximum absolute atomic E-state index is 12.6. The second kappa shape index (κ2) is 8.17. The van der Waals surface area contributed by atoms with Crippen molar-refractivity contribution in [3.8, 4) is 0 Å². The van der Waals surface area contributed by atoms with E-state index in [0.717, 1.165) is 23.2 Å². The Kier molecular flexibility index (Phi) is 5.71. The average molecular weight is 350 g/mol. The molecule has 1 fully saturated rings. The first-order valence-electron chi connectivity index (χ1n) is 9.32. The van der Waals surface area contributed by atoms with Gasteiger partial charge in [0.1, 0.15) is 0 Å². The Labute approximate surface area is 155 Å². The van der Waals surface area contributed by atoms with Gasteiger partial charge in [-0.2, -0.15) is 0 Å². The predicted molar refractivity (Wildman–Crippen MR) is 104 cm³/mol. The van der Waals surface area contributed by atoms with Gasteiger partial charge >= 0.3 is 0 Å². The summed E-state index contributed by atoms with van der Waals surface area (Å²) < 4.78 is 0. The number of nitrogens with zero attached hydrogens (tertiary/aromatic N) is 1. The van der Waals surface area contributed by atoms with E-state index in [0.29, 0.717) is 25.9 Å². The van der Waals surface area contributed by atoms with Gasteiger partial charge in [-0.05, 0) is 56.0 Å². The maximum atomic E-state index is 12.6. The molecule has 0 saturated carbocycles. The molecule has 2 aromatic carbocycles. The minimum atomic E-state index is -0.0394. The second-order valence-electron chi connectivity index (χ2n) is 6.98. The molecule has 136 valence electrons. The van der Waals surface area contributed by atoms with Crippen LogP contribution in [0, 0.1) is 12.8 Å². The molecule has 0 unspecified atom stereocenters. The molecular weight excluding hydrogens is 324 g/mol. The number of piperidine rings is 1. The topological polar surface area (TPSA) is 49.4 Å². The van der Waals surface area contributed by atoms with Crippen molar-refractivity contribution < 1.29 is 9.59 Å². The van der Waals surface area contributed by atoms with Gasteiger partial charge in [0.25, 0.3) is 5.91 Å². The Bertz CT molecular complexity index is 775.